The van der Waals surface area contributed by atoms with Crippen LogP contribution in [0.3, 0.4) is 0 Å². The molecule has 3 aromatic rings. The molecule has 0 saturated heterocycles. The molecule has 168 valence electrons. The molecule has 1 heterocycles. The molecular formula is C25H30N4O3. The van der Waals surface area contributed by atoms with Crippen molar-refractivity contribution < 1.29 is 14.2 Å². The van der Waals surface area contributed by atoms with Crippen molar-refractivity contribution >= 4 is 5.96 Å². The second-order valence-electron chi connectivity index (χ2n) is 7.03. The van der Waals surface area contributed by atoms with Gasteiger partial charge in [0.1, 0.15) is 6.61 Å². The van der Waals surface area contributed by atoms with Crippen LogP contribution in [-0.2, 0) is 19.6 Å². The molecule has 7 heteroatoms. The fourth-order valence-corrected chi connectivity index (χ4v) is 3.18. The van der Waals surface area contributed by atoms with Crippen molar-refractivity contribution in [3.05, 3.63) is 83.6 Å². The lowest BCUT2D eigenvalue weighted by Crippen LogP contribution is -2.38. The highest BCUT2D eigenvalue weighted by molar-refractivity contribution is 5.79. The lowest BCUT2D eigenvalue weighted by molar-refractivity contribution is 0.290. The Labute approximate surface area is 189 Å². The number of hydrogen-bond acceptors (Lipinski definition) is 5. The summed E-state index contributed by atoms with van der Waals surface area (Å²) in [6.07, 6.45) is 2.55. The summed E-state index contributed by atoms with van der Waals surface area (Å²) >= 11 is 0. The highest BCUT2D eigenvalue weighted by atomic mass is 16.5. The average molecular weight is 435 g/mol. The van der Waals surface area contributed by atoms with Crippen LogP contribution in [-0.4, -0.2) is 38.8 Å². The van der Waals surface area contributed by atoms with E-state index in [0.717, 1.165) is 41.2 Å². The number of pyridine rings is 1. The van der Waals surface area contributed by atoms with Gasteiger partial charge in [-0.2, -0.15) is 0 Å². The van der Waals surface area contributed by atoms with Gasteiger partial charge >= 0.3 is 0 Å². The van der Waals surface area contributed by atoms with Crippen LogP contribution in [0.15, 0.2) is 71.9 Å². The number of methoxy groups -OCH3 is 2. The van der Waals surface area contributed by atoms with Crippen LogP contribution in [0.5, 0.6) is 17.4 Å². The van der Waals surface area contributed by atoms with Gasteiger partial charge in [0.15, 0.2) is 17.5 Å². The fraction of sp³-hybridized carbons (Fsp3) is 0.280. The first kappa shape index (κ1) is 22.9. The minimum Gasteiger partial charge on any atom is -0.493 e. The summed E-state index contributed by atoms with van der Waals surface area (Å²) in [5.41, 5.74) is 3.21. The standard InChI is InChI=1S/C25H30N4O3/c1-26-25(28-15-13-19-11-12-22(30-2)23(16-19)31-3)29-17-21-10-7-14-27-24(21)32-18-20-8-5-4-6-9-20/h4-12,14,16H,13,15,17-18H2,1-3H3,(H2,26,28,29). The van der Waals surface area contributed by atoms with E-state index >= 15 is 0 Å². The first-order valence-corrected chi connectivity index (χ1v) is 10.5. The number of hydrogen-bond donors (Lipinski definition) is 2. The van der Waals surface area contributed by atoms with Gasteiger partial charge in [0.2, 0.25) is 5.88 Å². The number of ether oxygens (including phenoxy) is 3. The van der Waals surface area contributed by atoms with Crippen LogP contribution in [0.2, 0.25) is 0 Å². The SMILES string of the molecule is CN=C(NCCc1ccc(OC)c(OC)c1)NCc1cccnc1OCc1ccccc1. The monoisotopic (exact) mass is 434 g/mol. The highest BCUT2D eigenvalue weighted by Crippen LogP contribution is 2.27. The van der Waals surface area contributed by atoms with Crippen molar-refractivity contribution in [1.29, 1.82) is 0 Å². The Morgan fingerprint density at radius 2 is 1.72 bits per heavy atom. The van der Waals surface area contributed by atoms with E-state index in [4.69, 9.17) is 14.2 Å². The average Bonchev–Trinajstić information content (AvgIpc) is 2.85. The summed E-state index contributed by atoms with van der Waals surface area (Å²) in [5.74, 6) is 2.78. The van der Waals surface area contributed by atoms with Crippen LogP contribution in [0.1, 0.15) is 16.7 Å². The van der Waals surface area contributed by atoms with Gasteiger partial charge in [-0.25, -0.2) is 4.98 Å². The molecule has 32 heavy (non-hydrogen) atoms. The predicted octanol–water partition coefficient (Wildman–Crippen LogP) is 3.59. The maximum atomic E-state index is 5.94. The zero-order chi connectivity index (χ0) is 22.6. The third kappa shape index (κ3) is 6.63. The van der Waals surface area contributed by atoms with Crippen molar-refractivity contribution in [3.8, 4) is 17.4 Å². The zero-order valence-electron chi connectivity index (χ0n) is 18.8. The summed E-state index contributed by atoms with van der Waals surface area (Å²) in [5, 5.41) is 6.66. The molecule has 3 rings (SSSR count). The molecule has 1 aromatic heterocycles. The molecule has 0 aliphatic rings. The molecule has 0 atom stereocenters. The lowest BCUT2D eigenvalue weighted by Gasteiger charge is -2.14. The topological polar surface area (TPSA) is 77.0 Å². The molecule has 0 aliphatic carbocycles. The number of aromatic nitrogens is 1. The van der Waals surface area contributed by atoms with Gasteiger partial charge in [0.05, 0.1) is 14.2 Å². The molecule has 0 fully saturated rings. The molecule has 2 aromatic carbocycles. The van der Waals surface area contributed by atoms with Crippen LogP contribution < -0.4 is 24.8 Å². The van der Waals surface area contributed by atoms with Gasteiger partial charge in [-0.05, 0) is 35.7 Å². The lowest BCUT2D eigenvalue weighted by atomic mass is 10.1. The number of aliphatic imine (C=N–C) groups is 1. The number of nitrogens with one attached hydrogen (secondary N) is 2. The minimum absolute atomic E-state index is 0.475. The van der Waals surface area contributed by atoms with Crippen molar-refractivity contribution in [3.63, 3.8) is 0 Å². The van der Waals surface area contributed by atoms with E-state index in [0.29, 0.717) is 25.0 Å². The molecule has 0 saturated carbocycles. The summed E-state index contributed by atoms with van der Waals surface area (Å²) < 4.78 is 16.6. The van der Waals surface area contributed by atoms with Crippen molar-refractivity contribution in [1.82, 2.24) is 15.6 Å². The highest BCUT2D eigenvalue weighted by Gasteiger charge is 2.08. The van der Waals surface area contributed by atoms with Crippen LogP contribution in [0, 0.1) is 0 Å². The van der Waals surface area contributed by atoms with Gasteiger partial charge in [-0.15, -0.1) is 0 Å². The smallest absolute Gasteiger partial charge is 0.218 e. The van der Waals surface area contributed by atoms with E-state index in [2.05, 4.69) is 20.6 Å². The Hall–Kier alpha value is -3.74. The van der Waals surface area contributed by atoms with Gasteiger partial charge in [0, 0.05) is 31.9 Å². The summed E-state index contributed by atoms with van der Waals surface area (Å²) in [6.45, 7) is 1.75. The molecule has 7 nitrogen and oxygen atoms in total. The van der Waals surface area contributed by atoms with Gasteiger partial charge < -0.3 is 24.8 Å². The van der Waals surface area contributed by atoms with E-state index in [1.807, 2.05) is 60.7 Å². The fourth-order valence-electron chi connectivity index (χ4n) is 3.18. The first-order valence-electron chi connectivity index (χ1n) is 10.5. The number of guanidine groups is 1. The number of benzene rings is 2. The third-order valence-corrected chi connectivity index (χ3v) is 4.89. The van der Waals surface area contributed by atoms with Gasteiger partial charge in [-0.3, -0.25) is 4.99 Å². The molecule has 0 amide bonds. The zero-order valence-corrected chi connectivity index (χ0v) is 18.8. The molecule has 0 unspecified atom stereocenters. The quantitative estimate of drug-likeness (QED) is 0.375. The maximum absolute atomic E-state index is 5.94. The number of nitrogens with zero attached hydrogens (tertiary/aromatic N) is 2. The molecule has 2 N–H and O–H groups in total. The molecule has 0 aliphatic heterocycles. The van der Waals surface area contributed by atoms with E-state index in [1.165, 1.54) is 0 Å². The molecular weight excluding hydrogens is 404 g/mol. The van der Waals surface area contributed by atoms with Crippen molar-refractivity contribution in [2.75, 3.05) is 27.8 Å². The Balaban J connectivity index is 1.50. The third-order valence-electron chi connectivity index (χ3n) is 4.89. The minimum atomic E-state index is 0.475. The van der Waals surface area contributed by atoms with Crippen LogP contribution in [0.25, 0.3) is 0 Å². The predicted molar refractivity (Wildman–Crippen MR) is 126 cm³/mol. The largest absolute Gasteiger partial charge is 0.493 e. The Kier molecular flexibility index (Phi) is 8.74. The Bertz CT molecular complexity index is 1010. The molecule has 0 spiro atoms. The Morgan fingerprint density at radius 3 is 2.47 bits per heavy atom. The normalized spacial score (nSPS) is 11.0. The van der Waals surface area contributed by atoms with E-state index in [9.17, 15) is 0 Å². The summed E-state index contributed by atoms with van der Waals surface area (Å²) in [4.78, 5) is 8.69. The molecule has 0 bridgehead atoms. The van der Waals surface area contributed by atoms with Crippen LogP contribution in [0.4, 0.5) is 0 Å². The molecule has 0 radical (unpaired) electrons. The first-order chi connectivity index (χ1) is 15.7. The Morgan fingerprint density at radius 1 is 0.906 bits per heavy atom. The van der Waals surface area contributed by atoms with E-state index in [1.54, 1.807) is 27.5 Å². The van der Waals surface area contributed by atoms with E-state index in [-0.39, 0.29) is 0 Å². The van der Waals surface area contributed by atoms with Gasteiger partial charge in [0.25, 0.3) is 0 Å². The summed E-state index contributed by atoms with van der Waals surface area (Å²) in [6, 6.07) is 19.9. The second kappa shape index (κ2) is 12.2. The van der Waals surface area contributed by atoms with Gasteiger partial charge in [-0.1, -0.05) is 42.5 Å². The second-order valence-corrected chi connectivity index (χ2v) is 7.03. The maximum Gasteiger partial charge on any atom is 0.218 e. The van der Waals surface area contributed by atoms with E-state index < -0.39 is 0 Å². The summed E-state index contributed by atoms with van der Waals surface area (Å²) in [7, 11) is 5.03. The van der Waals surface area contributed by atoms with Crippen LogP contribution >= 0.6 is 0 Å². The number of rotatable bonds is 10. The van der Waals surface area contributed by atoms with Crippen molar-refractivity contribution in [2.45, 2.75) is 19.6 Å². The van der Waals surface area contributed by atoms with Crippen molar-refractivity contribution in [2.24, 2.45) is 4.99 Å².